The molecule has 0 radical (unpaired) electrons. The SMILES string of the molecule is OC[C@H]1O[C@H]2O[C@]2(O)[C@@H](O)[C@@H]1O. The van der Waals surface area contributed by atoms with Crippen molar-refractivity contribution in [1.82, 2.24) is 0 Å². The summed E-state index contributed by atoms with van der Waals surface area (Å²) in [6.07, 6.45) is -4.56. The molecule has 70 valence electrons. The van der Waals surface area contributed by atoms with E-state index < -0.39 is 37.0 Å². The Morgan fingerprint density at radius 3 is 2.58 bits per heavy atom. The highest BCUT2D eigenvalue weighted by Gasteiger charge is 2.69. The fourth-order valence-electron chi connectivity index (χ4n) is 1.31. The smallest absolute Gasteiger partial charge is 0.250 e. The molecule has 4 N–H and O–H groups in total. The van der Waals surface area contributed by atoms with Gasteiger partial charge in [-0.3, -0.25) is 0 Å². The van der Waals surface area contributed by atoms with Crippen molar-refractivity contribution >= 4 is 0 Å². The van der Waals surface area contributed by atoms with E-state index in [1.54, 1.807) is 0 Å². The van der Waals surface area contributed by atoms with Gasteiger partial charge in [-0.1, -0.05) is 0 Å². The maximum absolute atomic E-state index is 9.26. The minimum atomic E-state index is -1.77. The molecule has 6 heteroatoms. The fraction of sp³-hybridized carbons (Fsp3) is 1.00. The number of fused-ring (bicyclic) bond motifs is 1. The van der Waals surface area contributed by atoms with Crippen molar-refractivity contribution in [3.05, 3.63) is 0 Å². The van der Waals surface area contributed by atoms with Gasteiger partial charge >= 0.3 is 0 Å². The Labute approximate surface area is 68.0 Å². The van der Waals surface area contributed by atoms with Crippen LogP contribution in [0.5, 0.6) is 0 Å². The minimum Gasteiger partial charge on any atom is -0.394 e. The zero-order valence-electron chi connectivity index (χ0n) is 6.12. The first-order valence-corrected chi connectivity index (χ1v) is 3.62. The molecule has 6 nitrogen and oxygen atoms in total. The first kappa shape index (κ1) is 8.36. The Balaban J connectivity index is 2.11. The second-order valence-corrected chi connectivity index (χ2v) is 2.99. The van der Waals surface area contributed by atoms with Gasteiger partial charge < -0.3 is 29.9 Å². The van der Waals surface area contributed by atoms with Gasteiger partial charge in [0.05, 0.1) is 6.61 Å². The third-order valence-corrected chi connectivity index (χ3v) is 2.18. The first-order chi connectivity index (χ1) is 5.59. The van der Waals surface area contributed by atoms with Gasteiger partial charge in [-0.2, -0.15) is 0 Å². The molecule has 2 heterocycles. The van der Waals surface area contributed by atoms with Gasteiger partial charge in [0.15, 0.2) is 0 Å². The first-order valence-electron chi connectivity index (χ1n) is 3.62. The number of epoxide rings is 1. The molecule has 0 amide bonds. The van der Waals surface area contributed by atoms with Gasteiger partial charge in [0.2, 0.25) is 12.1 Å². The van der Waals surface area contributed by atoms with Crippen LogP contribution in [0.4, 0.5) is 0 Å². The summed E-state index contributed by atoms with van der Waals surface area (Å²) in [5, 5.41) is 36.4. The second-order valence-electron chi connectivity index (χ2n) is 2.99. The van der Waals surface area contributed by atoms with Gasteiger partial charge in [0.25, 0.3) is 0 Å². The number of rotatable bonds is 1. The molecule has 0 saturated carbocycles. The summed E-state index contributed by atoms with van der Waals surface area (Å²) in [5.41, 5.74) is 0. The Morgan fingerprint density at radius 2 is 2.00 bits per heavy atom. The topological polar surface area (TPSA) is 103 Å². The van der Waals surface area contributed by atoms with E-state index in [2.05, 4.69) is 4.74 Å². The van der Waals surface area contributed by atoms with Gasteiger partial charge in [0, 0.05) is 0 Å². The van der Waals surface area contributed by atoms with Crippen LogP contribution in [-0.2, 0) is 9.47 Å². The summed E-state index contributed by atoms with van der Waals surface area (Å²) in [4.78, 5) is 0. The normalized spacial score (nSPS) is 58.0. The molecule has 0 aliphatic carbocycles. The van der Waals surface area contributed by atoms with E-state index in [1.165, 1.54) is 0 Å². The molecule has 0 unspecified atom stereocenters. The average Bonchev–Trinajstić information content (AvgIpc) is 2.71. The number of ether oxygens (including phenoxy) is 2. The fourth-order valence-corrected chi connectivity index (χ4v) is 1.31. The number of hydrogen-bond donors (Lipinski definition) is 4. The van der Waals surface area contributed by atoms with E-state index in [0.717, 1.165) is 0 Å². The number of aliphatic hydroxyl groups is 4. The highest BCUT2D eigenvalue weighted by atomic mass is 16.9. The summed E-state index contributed by atoms with van der Waals surface area (Å²) in [6, 6.07) is 0. The standard InChI is InChI=1S/C6H10O6/c7-1-2-3(8)4(9)6(10)5(11-2)12-6/h2-5,7-10H,1H2/t2-,3-,4+,5+,6-/m1/s1. The van der Waals surface area contributed by atoms with Crippen LogP contribution >= 0.6 is 0 Å². The molecular formula is C6H10O6. The van der Waals surface area contributed by atoms with Gasteiger partial charge in [-0.25, -0.2) is 0 Å². The van der Waals surface area contributed by atoms with Crippen molar-refractivity contribution in [3.8, 4) is 0 Å². The summed E-state index contributed by atoms with van der Waals surface area (Å²) >= 11 is 0. The molecule has 5 atom stereocenters. The number of aliphatic hydroxyl groups excluding tert-OH is 3. The monoisotopic (exact) mass is 178 g/mol. The van der Waals surface area contributed by atoms with Crippen molar-refractivity contribution in [2.24, 2.45) is 0 Å². The lowest BCUT2D eigenvalue weighted by molar-refractivity contribution is -0.199. The Hall–Kier alpha value is -0.240. The molecule has 12 heavy (non-hydrogen) atoms. The molecule has 0 spiro atoms. The predicted octanol–water partition coefficient (Wildman–Crippen LogP) is -2.86. The van der Waals surface area contributed by atoms with Crippen LogP contribution in [0.1, 0.15) is 0 Å². The van der Waals surface area contributed by atoms with Crippen LogP contribution in [-0.4, -0.2) is 57.4 Å². The van der Waals surface area contributed by atoms with E-state index in [9.17, 15) is 15.3 Å². The Morgan fingerprint density at radius 1 is 1.33 bits per heavy atom. The summed E-state index contributed by atoms with van der Waals surface area (Å²) in [7, 11) is 0. The Bertz CT molecular complexity index is 196. The molecule has 0 aromatic heterocycles. The molecule has 0 aromatic rings. The number of hydrogen-bond acceptors (Lipinski definition) is 6. The van der Waals surface area contributed by atoms with E-state index in [0.29, 0.717) is 0 Å². The zero-order chi connectivity index (χ0) is 8.93. The van der Waals surface area contributed by atoms with Crippen molar-refractivity contribution in [1.29, 1.82) is 0 Å². The van der Waals surface area contributed by atoms with Crippen molar-refractivity contribution in [2.75, 3.05) is 6.61 Å². The molecule has 2 saturated heterocycles. The van der Waals surface area contributed by atoms with Gasteiger partial charge in [-0.15, -0.1) is 0 Å². The quantitative estimate of drug-likeness (QED) is 0.322. The maximum atomic E-state index is 9.26. The molecule has 2 aliphatic rings. The molecule has 2 aliphatic heterocycles. The van der Waals surface area contributed by atoms with Crippen LogP contribution in [0.3, 0.4) is 0 Å². The van der Waals surface area contributed by atoms with Gasteiger partial charge in [-0.05, 0) is 0 Å². The molecule has 2 fully saturated rings. The lowest BCUT2D eigenvalue weighted by Crippen LogP contribution is -2.54. The van der Waals surface area contributed by atoms with Gasteiger partial charge in [0.1, 0.15) is 18.3 Å². The van der Waals surface area contributed by atoms with Crippen molar-refractivity contribution < 1.29 is 29.9 Å². The zero-order valence-corrected chi connectivity index (χ0v) is 6.12. The molecular weight excluding hydrogens is 168 g/mol. The highest BCUT2D eigenvalue weighted by molar-refractivity contribution is 5.03. The summed E-state index contributed by atoms with van der Waals surface area (Å²) in [6.45, 7) is -0.422. The van der Waals surface area contributed by atoms with E-state index in [-0.39, 0.29) is 0 Å². The van der Waals surface area contributed by atoms with E-state index in [4.69, 9.17) is 9.84 Å². The van der Waals surface area contributed by atoms with E-state index >= 15 is 0 Å². The van der Waals surface area contributed by atoms with Crippen LogP contribution in [0.25, 0.3) is 0 Å². The highest BCUT2D eigenvalue weighted by Crippen LogP contribution is 2.44. The second kappa shape index (κ2) is 2.38. The lowest BCUT2D eigenvalue weighted by Gasteiger charge is -2.30. The third kappa shape index (κ3) is 0.905. The largest absolute Gasteiger partial charge is 0.394 e. The minimum absolute atomic E-state index is 0.422. The van der Waals surface area contributed by atoms with Crippen LogP contribution in [0, 0.1) is 0 Å². The van der Waals surface area contributed by atoms with Crippen molar-refractivity contribution in [3.63, 3.8) is 0 Å². The van der Waals surface area contributed by atoms with Crippen LogP contribution in [0.2, 0.25) is 0 Å². The third-order valence-electron chi connectivity index (χ3n) is 2.18. The average molecular weight is 178 g/mol. The van der Waals surface area contributed by atoms with E-state index in [1.807, 2.05) is 0 Å². The molecule has 0 bridgehead atoms. The summed E-state index contributed by atoms with van der Waals surface area (Å²) < 4.78 is 9.46. The predicted molar refractivity (Wildman–Crippen MR) is 33.8 cm³/mol. The lowest BCUT2D eigenvalue weighted by atomic mass is 10.0. The maximum Gasteiger partial charge on any atom is 0.250 e. The molecule has 2 rings (SSSR count). The Kier molecular flexibility index (Phi) is 1.66. The van der Waals surface area contributed by atoms with Crippen LogP contribution < -0.4 is 0 Å². The molecule has 0 aromatic carbocycles. The van der Waals surface area contributed by atoms with Crippen LogP contribution in [0.15, 0.2) is 0 Å². The summed E-state index contributed by atoms with van der Waals surface area (Å²) in [5.74, 6) is -1.77. The van der Waals surface area contributed by atoms with Crippen molar-refractivity contribution in [2.45, 2.75) is 30.4 Å².